The predicted octanol–water partition coefficient (Wildman–Crippen LogP) is 5.84. The highest BCUT2D eigenvalue weighted by molar-refractivity contribution is 5.96. The van der Waals surface area contributed by atoms with E-state index in [-0.39, 0.29) is 11.5 Å². The van der Waals surface area contributed by atoms with Crippen LogP contribution in [0.2, 0.25) is 0 Å². The van der Waals surface area contributed by atoms with Gasteiger partial charge in [0.05, 0.1) is 11.6 Å². The van der Waals surface area contributed by atoms with Crippen molar-refractivity contribution in [1.29, 1.82) is 5.26 Å². The van der Waals surface area contributed by atoms with Crippen molar-refractivity contribution in [1.82, 2.24) is 0 Å². The number of aliphatic hydroxyl groups excluding tert-OH is 1. The number of rotatable bonds is 6. The van der Waals surface area contributed by atoms with Crippen LogP contribution < -0.4 is 0 Å². The molecule has 0 saturated heterocycles. The van der Waals surface area contributed by atoms with Gasteiger partial charge in [-0.1, -0.05) is 35.9 Å². The molecule has 136 valence electrons. The van der Waals surface area contributed by atoms with Gasteiger partial charge in [0, 0.05) is 17.1 Å². The molecule has 1 rings (SSSR count). The Labute approximate surface area is 156 Å². The molecule has 0 amide bonds. The highest BCUT2D eigenvalue weighted by atomic mass is 16.3. The lowest BCUT2D eigenvalue weighted by molar-refractivity contribution is -0.113. The third kappa shape index (κ3) is 4.83. The van der Waals surface area contributed by atoms with Gasteiger partial charge in [0.2, 0.25) is 0 Å². The molecule has 3 heteroatoms. The van der Waals surface area contributed by atoms with Crippen molar-refractivity contribution < 1.29 is 9.90 Å². The number of allylic oxidation sites excluding steroid dienone is 6. The van der Waals surface area contributed by atoms with E-state index in [1.165, 1.54) is 6.92 Å². The smallest absolute Gasteiger partial charge is 0.156 e. The van der Waals surface area contributed by atoms with Gasteiger partial charge in [-0.25, -0.2) is 0 Å². The van der Waals surface area contributed by atoms with Crippen LogP contribution in [0.5, 0.6) is 0 Å². The lowest BCUT2D eigenvalue weighted by atomic mass is 9.78. The Bertz CT molecular complexity index is 857. The number of Topliss-reactive ketones (excluding diaryl/α,β-unsaturated/α-hetero) is 1. The summed E-state index contributed by atoms with van der Waals surface area (Å²) >= 11 is 0. The van der Waals surface area contributed by atoms with Gasteiger partial charge in [0.15, 0.2) is 5.78 Å². The van der Waals surface area contributed by atoms with Crippen LogP contribution in [-0.2, 0) is 4.79 Å². The summed E-state index contributed by atoms with van der Waals surface area (Å²) in [4.78, 5) is 12.5. The van der Waals surface area contributed by atoms with E-state index in [1.807, 2.05) is 52.8 Å². The van der Waals surface area contributed by atoms with Crippen molar-refractivity contribution in [3.8, 4) is 6.07 Å². The van der Waals surface area contributed by atoms with E-state index in [9.17, 15) is 9.90 Å². The van der Waals surface area contributed by atoms with Crippen molar-refractivity contribution in [2.45, 2.75) is 47.5 Å². The standard InChI is InChI=1S/C23H27NO2/c1-8-15(4)11-21(17(6)25)23(22(14(2)3)18(7)26)20-10-9-19(13-24)12-16(20)5/h8-12,23,25H,6H2,1-5,7H3/b15-8-,21-11+. The summed E-state index contributed by atoms with van der Waals surface area (Å²) in [6, 6.07) is 7.52. The van der Waals surface area contributed by atoms with E-state index in [0.29, 0.717) is 16.7 Å². The Morgan fingerprint density at radius 3 is 2.27 bits per heavy atom. The predicted molar refractivity (Wildman–Crippen MR) is 107 cm³/mol. The van der Waals surface area contributed by atoms with Crippen molar-refractivity contribution in [3.05, 3.63) is 81.7 Å². The van der Waals surface area contributed by atoms with Crippen molar-refractivity contribution >= 4 is 5.78 Å². The van der Waals surface area contributed by atoms with E-state index in [4.69, 9.17) is 5.26 Å². The normalized spacial score (nSPS) is 13.0. The maximum Gasteiger partial charge on any atom is 0.156 e. The number of hydrogen-bond donors (Lipinski definition) is 1. The second-order valence-electron chi connectivity index (χ2n) is 6.67. The second kappa shape index (κ2) is 9.01. The van der Waals surface area contributed by atoms with Crippen molar-refractivity contribution in [2.24, 2.45) is 0 Å². The minimum atomic E-state index is -0.447. The molecule has 0 aliphatic rings. The summed E-state index contributed by atoms with van der Waals surface area (Å²) in [7, 11) is 0. The first-order chi connectivity index (χ1) is 12.1. The lowest BCUT2D eigenvalue weighted by Gasteiger charge is -2.25. The van der Waals surface area contributed by atoms with Gasteiger partial charge in [0.25, 0.3) is 0 Å². The highest BCUT2D eigenvalue weighted by Gasteiger charge is 2.28. The van der Waals surface area contributed by atoms with Crippen molar-refractivity contribution in [2.75, 3.05) is 0 Å². The lowest BCUT2D eigenvalue weighted by Crippen LogP contribution is -2.16. The number of nitriles is 1. The fraction of sp³-hybridized carbons (Fsp3) is 0.304. The molecule has 0 aliphatic heterocycles. The minimum absolute atomic E-state index is 0.0518. The van der Waals surface area contributed by atoms with E-state index in [2.05, 4.69) is 12.6 Å². The zero-order valence-electron chi connectivity index (χ0n) is 16.5. The SMILES string of the molecule is C=C(O)/C(=C\C(C)=C/C)C(C(C(C)=O)=C(C)C)c1ccc(C#N)cc1C. The first kappa shape index (κ1) is 21.2. The number of carbonyl (C=O) groups is 1. The quantitative estimate of drug-likeness (QED) is 0.399. The zero-order chi connectivity index (χ0) is 20.0. The average molecular weight is 349 g/mol. The Kier molecular flexibility index (Phi) is 7.34. The molecule has 0 heterocycles. The Morgan fingerprint density at radius 2 is 1.88 bits per heavy atom. The molecule has 3 nitrogen and oxygen atoms in total. The maximum absolute atomic E-state index is 12.5. The third-order valence-electron chi connectivity index (χ3n) is 4.40. The number of benzene rings is 1. The first-order valence-electron chi connectivity index (χ1n) is 8.55. The van der Waals surface area contributed by atoms with Crippen LogP contribution in [0, 0.1) is 18.3 Å². The summed E-state index contributed by atoms with van der Waals surface area (Å²) in [6.07, 6.45) is 3.79. The van der Waals surface area contributed by atoms with Crippen LogP contribution in [0.4, 0.5) is 0 Å². The molecule has 26 heavy (non-hydrogen) atoms. The zero-order valence-corrected chi connectivity index (χ0v) is 16.5. The summed E-state index contributed by atoms with van der Waals surface area (Å²) in [5.41, 5.74) is 5.38. The van der Waals surface area contributed by atoms with Gasteiger partial charge in [-0.2, -0.15) is 5.26 Å². The molecule has 0 bridgehead atoms. The molecular weight excluding hydrogens is 322 g/mol. The number of aryl methyl sites for hydroxylation is 1. The van der Waals surface area contributed by atoms with Crippen LogP contribution in [0.3, 0.4) is 0 Å². The van der Waals surface area contributed by atoms with Crippen LogP contribution in [0.1, 0.15) is 57.2 Å². The number of aliphatic hydroxyl groups is 1. The van der Waals surface area contributed by atoms with Crippen LogP contribution in [-0.4, -0.2) is 10.9 Å². The minimum Gasteiger partial charge on any atom is -0.508 e. The molecule has 0 fully saturated rings. The molecule has 0 spiro atoms. The molecule has 0 aliphatic carbocycles. The summed E-state index contributed by atoms with van der Waals surface area (Å²) in [5.74, 6) is -0.568. The fourth-order valence-corrected chi connectivity index (χ4v) is 3.05. The first-order valence-corrected chi connectivity index (χ1v) is 8.55. The van der Waals surface area contributed by atoms with E-state index in [1.54, 1.807) is 12.1 Å². The van der Waals surface area contributed by atoms with E-state index < -0.39 is 5.92 Å². The molecule has 0 radical (unpaired) electrons. The fourth-order valence-electron chi connectivity index (χ4n) is 3.05. The van der Waals surface area contributed by atoms with Crippen LogP contribution in [0.25, 0.3) is 0 Å². The van der Waals surface area contributed by atoms with Gasteiger partial charge in [-0.05, 0) is 64.8 Å². The van der Waals surface area contributed by atoms with Gasteiger partial charge >= 0.3 is 0 Å². The molecule has 0 aromatic heterocycles. The topological polar surface area (TPSA) is 61.1 Å². The monoisotopic (exact) mass is 349 g/mol. The summed E-state index contributed by atoms with van der Waals surface area (Å²) < 4.78 is 0. The maximum atomic E-state index is 12.5. The van der Waals surface area contributed by atoms with Gasteiger partial charge in [-0.3, -0.25) is 4.79 Å². The number of hydrogen-bond acceptors (Lipinski definition) is 3. The molecule has 1 aromatic rings. The Morgan fingerprint density at radius 1 is 1.27 bits per heavy atom. The third-order valence-corrected chi connectivity index (χ3v) is 4.40. The summed E-state index contributed by atoms with van der Waals surface area (Å²) in [6.45, 7) is 14.8. The van der Waals surface area contributed by atoms with Crippen molar-refractivity contribution in [3.63, 3.8) is 0 Å². The number of carbonyl (C=O) groups excluding carboxylic acids is 1. The number of ketones is 1. The number of nitrogens with zero attached hydrogens (tertiary/aromatic N) is 1. The molecule has 1 aromatic carbocycles. The molecular formula is C23H27NO2. The van der Waals surface area contributed by atoms with E-state index in [0.717, 1.165) is 22.3 Å². The Balaban J connectivity index is 3.88. The molecule has 1 unspecified atom stereocenters. The highest BCUT2D eigenvalue weighted by Crippen LogP contribution is 2.39. The van der Waals surface area contributed by atoms with Gasteiger partial charge < -0.3 is 5.11 Å². The average Bonchev–Trinajstić information content (AvgIpc) is 2.56. The van der Waals surface area contributed by atoms with Gasteiger partial charge in [-0.15, -0.1) is 0 Å². The summed E-state index contributed by atoms with van der Waals surface area (Å²) in [5, 5.41) is 19.5. The molecule has 1 N–H and O–H groups in total. The largest absolute Gasteiger partial charge is 0.508 e. The van der Waals surface area contributed by atoms with Crippen LogP contribution in [0.15, 0.2) is 65.0 Å². The van der Waals surface area contributed by atoms with Gasteiger partial charge in [0.1, 0.15) is 5.76 Å². The molecule has 1 atom stereocenters. The second-order valence-corrected chi connectivity index (χ2v) is 6.67. The molecule has 0 saturated carbocycles. The van der Waals surface area contributed by atoms with E-state index >= 15 is 0 Å². The van der Waals surface area contributed by atoms with Crippen LogP contribution >= 0.6 is 0 Å². The Hall–Kier alpha value is -2.86.